The lowest BCUT2D eigenvalue weighted by Gasteiger charge is -2.33. The number of benzene rings is 1. The van der Waals surface area contributed by atoms with E-state index in [-0.39, 0.29) is 12.0 Å². The van der Waals surface area contributed by atoms with E-state index in [1.54, 1.807) is 17.3 Å². The fourth-order valence-corrected chi connectivity index (χ4v) is 4.43. The van der Waals surface area contributed by atoms with Gasteiger partial charge < -0.3 is 23.7 Å². The molecule has 1 fully saturated rings. The van der Waals surface area contributed by atoms with Crippen LogP contribution < -0.4 is 9.47 Å². The molecule has 2 aliphatic rings. The summed E-state index contributed by atoms with van der Waals surface area (Å²) in [6, 6.07) is 5.90. The molecular formula is C22H27N3O5S. The molecule has 0 radical (unpaired) electrons. The van der Waals surface area contributed by atoms with E-state index in [0.717, 1.165) is 28.9 Å². The topological polar surface area (TPSA) is 96.8 Å². The fourth-order valence-electron chi connectivity index (χ4n) is 3.51. The van der Waals surface area contributed by atoms with Gasteiger partial charge in [0.1, 0.15) is 5.60 Å². The number of rotatable bonds is 4. The van der Waals surface area contributed by atoms with Crippen molar-refractivity contribution in [3.8, 4) is 22.9 Å². The second kappa shape index (κ2) is 8.92. The number of ether oxygens (including phenoxy) is 3. The van der Waals surface area contributed by atoms with Crippen molar-refractivity contribution in [3.05, 3.63) is 30.6 Å². The third-order valence-corrected chi connectivity index (χ3v) is 6.35. The highest BCUT2D eigenvalue weighted by molar-refractivity contribution is 7.91. The zero-order valence-corrected chi connectivity index (χ0v) is 18.8. The molecule has 0 unspecified atom stereocenters. The van der Waals surface area contributed by atoms with Crippen molar-refractivity contribution < 1.29 is 23.6 Å². The molecule has 0 spiro atoms. The van der Waals surface area contributed by atoms with E-state index in [0.29, 0.717) is 37.4 Å². The Balaban J connectivity index is 1.27. The van der Waals surface area contributed by atoms with Crippen LogP contribution in [0.15, 0.2) is 35.5 Å². The first-order valence-corrected chi connectivity index (χ1v) is 11.7. The van der Waals surface area contributed by atoms with Crippen LogP contribution in [0, 0.1) is 5.92 Å². The summed E-state index contributed by atoms with van der Waals surface area (Å²) in [4.78, 5) is 23.3. The van der Waals surface area contributed by atoms with Gasteiger partial charge in [0.25, 0.3) is 5.94 Å². The van der Waals surface area contributed by atoms with Crippen molar-refractivity contribution in [3.63, 3.8) is 0 Å². The Morgan fingerprint density at radius 2 is 1.94 bits per heavy atom. The highest BCUT2D eigenvalue weighted by Gasteiger charge is 2.28. The van der Waals surface area contributed by atoms with Gasteiger partial charge in [-0.1, -0.05) is 0 Å². The molecule has 2 aliphatic heterocycles. The number of carbonyl (C=O) groups excluding carboxylic acids is 1. The number of amides is 1. The zero-order valence-electron chi connectivity index (χ0n) is 18.0. The first-order valence-electron chi connectivity index (χ1n) is 10.4. The van der Waals surface area contributed by atoms with E-state index in [1.165, 1.54) is 0 Å². The molecule has 9 heteroatoms. The predicted octanol–water partition coefficient (Wildman–Crippen LogP) is 3.63. The zero-order chi connectivity index (χ0) is 22.0. The maximum absolute atomic E-state index is 12.2. The minimum Gasteiger partial charge on any atom is -0.609 e. The summed E-state index contributed by atoms with van der Waals surface area (Å²) in [6.45, 7) is 7.45. The number of piperidine rings is 1. The molecule has 1 aromatic heterocycles. The van der Waals surface area contributed by atoms with Crippen LogP contribution in [0.25, 0.3) is 11.1 Å². The smallest absolute Gasteiger partial charge is 0.410 e. The largest absolute Gasteiger partial charge is 0.609 e. The van der Waals surface area contributed by atoms with Gasteiger partial charge >= 0.3 is 12.1 Å². The molecule has 166 valence electrons. The van der Waals surface area contributed by atoms with Crippen LogP contribution in [-0.4, -0.2) is 56.8 Å². The molecule has 8 nitrogen and oxygen atoms in total. The Kier molecular flexibility index (Phi) is 6.24. The van der Waals surface area contributed by atoms with Gasteiger partial charge in [0, 0.05) is 42.2 Å². The lowest BCUT2D eigenvalue weighted by atomic mass is 9.98. The highest BCUT2D eigenvalue weighted by atomic mass is 32.2. The lowest BCUT2D eigenvalue weighted by molar-refractivity contribution is 0.0163. The van der Waals surface area contributed by atoms with Crippen LogP contribution in [0.3, 0.4) is 0 Å². The van der Waals surface area contributed by atoms with Crippen LogP contribution in [0.1, 0.15) is 33.6 Å². The maximum atomic E-state index is 12.2. The normalized spacial score (nSPS) is 19.0. The first-order chi connectivity index (χ1) is 14.8. The SMILES string of the molecule is CC(C)(C)OC(=O)N1CCC(COc2ncc(-c3ccc4c(c3)OC[S@+]4[O-])cn2)CC1. The summed E-state index contributed by atoms with van der Waals surface area (Å²) in [7, 11) is 0. The van der Waals surface area contributed by atoms with Crippen LogP contribution >= 0.6 is 0 Å². The van der Waals surface area contributed by atoms with E-state index in [2.05, 4.69) is 9.97 Å². The quantitative estimate of drug-likeness (QED) is 0.663. The van der Waals surface area contributed by atoms with E-state index in [9.17, 15) is 9.35 Å². The Bertz CT molecular complexity index is 924. The molecule has 31 heavy (non-hydrogen) atoms. The first kappa shape index (κ1) is 21.7. The fraction of sp³-hybridized carbons (Fsp3) is 0.500. The number of hydrogen-bond donors (Lipinski definition) is 0. The standard InChI is InChI=1S/C22H27N3O5S/c1-22(2,3)30-21(26)25-8-6-15(7-9-25)13-28-20-23-11-17(12-24-20)16-4-5-19-18(10-16)29-14-31(19)27/h4-5,10-12,15H,6-9,13-14H2,1-3H3/t31-/m0/s1. The highest BCUT2D eigenvalue weighted by Crippen LogP contribution is 2.35. The summed E-state index contributed by atoms with van der Waals surface area (Å²) in [6.07, 6.45) is 4.87. The van der Waals surface area contributed by atoms with Gasteiger partial charge in [0.2, 0.25) is 0 Å². The van der Waals surface area contributed by atoms with Crippen molar-refractivity contribution >= 4 is 17.3 Å². The molecule has 1 aromatic carbocycles. The van der Waals surface area contributed by atoms with Gasteiger partial charge in [-0.15, -0.1) is 0 Å². The van der Waals surface area contributed by atoms with Crippen molar-refractivity contribution in [2.24, 2.45) is 5.92 Å². The predicted molar refractivity (Wildman–Crippen MR) is 115 cm³/mol. The second-order valence-corrected chi connectivity index (χ2v) is 10.1. The molecule has 4 rings (SSSR count). The number of hydrogen-bond acceptors (Lipinski definition) is 7. The molecule has 2 aromatic rings. The van der Waals surface area contributed by atoms with Crippen molar-refractivity contribution in [1.29, 1.82) is 0 Å². The van der Waals surface area contributed by atoms with Crippen LogP contribution in [0.5, 0.6) is 11.8 Å². The van der Waals surface area contributed by atoms with Gasteiger partial charge in [-0.05, 0) is 63.3 Å². The number of fused-ring (bicyclic) bond motifs is 1. The average molecular weight is 446 g/mol. The summed E-state index contributed by atoms with van der Waals surface area (Å²) in [5.41, 5.74) is 1.26. The van der Waals surface area contributed by atoms with Crippen molar-refractivity contribution in [1.82, 2.24) is 14.9 Å². The third-order valence-electron chi connectivity index (χ3n) is 5.19. The molecule has 3 heterocycles. The average Bonchev–Trinajstić information content (AvgIpc) is 3.12. The Morgan fingerprint density at radius 3 is 2.61 bits per heavy atom. The van der Waals surface area contributed by atoms with E-state index < -0.39 is 16.8 Å². The number of likely N-dealkylation sites (tertiary alicyclic amines) is 1. The van der Waals surface area contributed by atoms with E-state index in [1.807, 2.05) is 39.0 Å². The van der Waals surface area contributed by atoms with Crippen molar-refractivity contribution in [2.75, 3.05) is 25.6 Å². The minimum absolute atomic E-state index is 0.207. The maximum Gasteiger partial charge on any atom is 0.410 e. The van der Waals surface area contributed by atoms with Gasteiger partial charge in [-0.3, -0.25) is 0 Å². The van der Waals surface area contributed by atoms with Crippen LogP contribution in [0.2, 0.25) is 0 Å². The second-order valence-electron chi connectivity index (χ2n) is 8.75. The third kappa shape index (κ3) is 5.40. The van der Waals surface area contributed by atoms with Gasteiger partial charge in [0.05, 0.1) is 6.61 Å². The van der Waals surface area contributed by atoms with Gasteiger partial charge in [0.15, 0.2) is 10.6 Å². The number of nitrogens with zero attached hydrogens (tertiary/aromatic N) is 3. The number of aromatic nitrogens is 2. The summed E-state index contributed by atoms with van der Waals surface area (Å²) < 4.78 is 28.4. The summed E-state index contributed by atoms with van der Waals surface area (Å²) in [5, 5.41) is 0. The Hall–Kier alpha value is -2.52. The molecule has 1 atom stereocenters. The van der Waals surface area contributed by atoms with Crippen molar-refractivity contribution in [2.45, 2.75) is 44.1 Å². The number of carbonyl (C=O) groups is 1. The molecule has 0 bridgehead atoms. The van der Waals surface area contributed by atoms with Gasteiger partial charge in [-0.2, -0.15) is 0 Å². The molecule has 1 saturated heterocycles. The molecule has 1 amide bonds. The minimum atomic E-state index is -1.08. The molecular weight excluding hydrogens is 418 g/mol. The van der Waals surface area contributed by atoms with E-state index in [4.69, 9.17) is 14.2 Å². The van der Waals surface area contributed by atoms with Crippen LogP contribution in [-0.2, 0) is 15.9 Å². The summed E-state index contributed by atoms with van der Waals surface area (Å²) in [5.74, 6) is 1.20. The molecule has 0 aliphatic carbocycles. The summed E-state index contributed by atoms with van der Waals surface area (Å²) >= 11 is -1.08. The Morgan fingerprint density at radius 1 is 1.23 bits per heavy atom. The van der Waals surface area contributed by atoms with E-state index >= 15 is 0 Å². The van der Waals surface area contributed by atoms with Gasteiger partial charge in [-0.25, -0.2) is 14.8 Å². The monoisotopic (exact) mass is 445 g/mol. The molecule has 0 saturated carbocycles. The Labute approximate surface area is 185 Å². The van der Waals surface area contributed by atoms with Crippen LogP contribution in [0.4, 0.5) is 4.79 Å². The molecule has 0 N–H and O–H groups in total. The lowest BCUT2D eigenvalue weighted by Crippen LogP contribution is -2.42.